The van der Waals surface area contributed by atoms with Crippen LogP contribution in [0.4, 0.5) is 11.4 Å². The molecule has 0 fully saturated rings. The molecule has 2 aromatic rings. The van der Waals surface area contributed by atoms with E-state index < -0.39 is 0 Å². The van der Waals surface area contributed by atoms with Gasteiger partial charge in [-0.1, -0.05) is 24.3 Å². The largest absolute Gasteiger partial charge is 0.344 e. The van der Waals surface area contributed by atoms with Crippen molar-refractivity contribution in [3.63, 3.8) is 0 Å². The Bertz CT molecular complexity index is 1000. The standard InChI is InChI=1S/C20H15N5O/c1-13-6-5-9-17(14(13)2)25-20(26)16-7-3-4-8-18(16)24-19(12-23)15(10-21)11-22/h3-9,24H,1-2H3,(H,25,26). The number of nitrogens with one attached hydrogen (secondary N) is 2. The summed E-state index contributed by atoms with van der Waals surface area (Å²) in [5.74, 6) is -0.366. The Morgan fingerprint density at radius 2 is 1.50 bits per heavy atom. The van der Waals surface area contributed by atoms with Crippen LogP contribution in [0, 0.1) is 47.8 Å². The van der Waals surface area contributed by atoms with Crippen molar-refractivity contribution in [2.24, 2.45) is 0 Å². The molecular formula is C20H15N5O. The molecule has 0 atom stereocenters. The van der Waals surface area contributed by atoms with Crippen LogP contribution in [0.15, 0.2) is 53.7 Å². The Balaban J connectivity index is 2.38. The fourth-order valence-corrected chi connectivity index (χ4v) is 2.28. The highest BCUT2D eigenvalue weighted by atomic mass is 16.1. The van der Waals surface area contributed by atoms with Crippen molar-refractivity contribution in [2.75, 3.05) is 10.6 Å². The molecule has 0 radical (unpaired) electrons. The predicted octanol–water partition coefficient (Wildman–Crippen LogP) is 3.79. The molecule has 0 bridgehead atoms. The lowest BCUT2D eigenvalue weighted by atomic mass is 10.1. The summed E-state index contributed by atoms with van der Waals surface area (Å²) in [6, 6.07) is 17.3. The number of benzene rings is 2. The van der Waals surface area contributed by atoms with Gasteiger partial charge in [0.25, 0.3) is 5.91 Å². The van der Waals surface area contributed by atoms with E-state index in [1.54, 1.807) is 48.5 Å². The van der Waals surface area contributed by atoms with Crippen molar-refractivity contribution in [1.82, 2.24) is 0 Å². The topological polar surface area (TPSA) is 112 Å². The fraction of sp³-hybridized carbons (Fsp3) is 0.100. The minimum atomic E-state index is -0.366. The zero-order valence-electron chi connectivity index (χ0n) is 14.3. The third-order valence-corrected chi connectivity index (χ3v) is 3.87. The first-order valence-corrected chi connectivity index (χ1v) is 7.70. The van der Waals surface area contributed by atoms with Crippen LogP contribution < -0.4 is 10.6 Å². The molecule has 2 rings (SSSR count). The lowest BCUT2D eigenvalue weighted by molar-refractivity contribution is 0.102. The Morgan fingerprint density at radius 3 is 2.15 bits per heavy atom. The van der Waals surface area contributed by atoms with E-state index in [-0.39, 0.29) is 22.7 Å². The van der Waals surface area contributed by atoms with Crippen molar-refractivity contribution in [3.8, 4) is 18.2 Å². The number of rotatable bonds is 4. The van der Waals surface area contributed by atoms with Crippen LogP contribution in [0.25, 0.3) is 0 Å². The van der Waals surface area contributed by atoms with Gasteiger partial charge in [-0.05, 0) is 43.2 Å². The number of carbonyl (C=O) groups excluding carboxylic acids is 1. The van der Waals surface area contributed by atoms with Crippen LogP contribution in [-0.2, 0) is 0 Å². The second kappa shape index (κ2) is 8.15. The monoisotopic (exact) mass is 341 g/mol. The maximum atomic E-state index is 12.7. The molecule has 126 valence electrons. The molecule has 2 N–H and O–H groups in total. The molecule has 26 heavy (non-hydrogen) atoms. The summed E-state index contributed by atoms with van der Waals surface area (Å²) < 4.78 is 0. The molecule has 0 saturated carbocycles. The Kier molecular flexibility index (Phi) is 5.72. The molecule has 0 spiro atoms. The molecule has 6 heteroatoms. The van der Waals surface area contributed by atoms with E-state index in [4.69, 9.17) is 10.5 Å². The van der Waals surface area contributed by atoms with Gasteiger partial charge in [-0.2, -0.15) is 15.8 Å². The van der Waals surface area contributed by atoms with Crippen LogP contribution in [0.5, 0.6) is 0 Å². The smallest absolute Gasteiger partial charge is 0.257 e. The van der Waals surface area contributed by atoms with Gasteiger partial charge < -0.3 is 10.6 Å². The van der Waals surface area contributed by atoms with Gasteiger partial charge in [-0.3, -0.25) is 4.79 Å². The number of amides is 1. The van der Waals surface area contributed by atoms with Gasteiger partial charge in [-0.15, -0.1) is 0 Å². The number of hydrogen-bond acceptors (Lipinski definition) is 5. The van der Waals surface area contributed by atoms with Gasteiger partial charge in [-0.25, -0.2) is 0 Å². The number of nitrogens with zero attached hydrogens (tertiary/aromatic N) is 3. The summed E-state index contributed by atoms with van der Waals surface area (Å²) in [4.78, 5) is 12.7. The third kappa shape index (κ3) is 3.87. The summed E-state index contributed by atoms with van der Waals surface area (Å²) in [6.07, 6.45) is 0. The first-order valence-electron chi connectivity index (χ1n) is 7.70. The van der Waals surface area contributed by atoms with E-state index in [9.17, 15) is 10.1 Å². The van der Waals surface area contributed by atoms with E-state index in [2.05, 4.69) is 10.6 Å². The Labute approximate surface area is 151 Å². The summed E-state index contributed by atoms with van der Waals surface area (Å²) in [6.45, 7) is 3.87. The quantitative estimate of drug-likeness (QED) is 0.821. The van der Waals surface area contributed by atoms with Crippen LogP contribution in [0.2, 0.25) is 0 Å². The number of para-hydroxylation sites is 1. The van der Waals surface area contributed by atoms with E-state index >= 15 is 0 Å². The van der Waals surface area contributed by atoms with Crippen LogP contribution >= 0.6 is 0 Å². The minimum Gasteiger partial charge on any atom is -0.344 e. The van der Waals surface area contributed by atoms with Crippen molar-refractivity contribution >= 4 is 17.3 Å². The van der Waals surface area contributed by atoms with Crippen LogP contribution in [0.1, 0.15) is 21.5 Å². The molecule has 0 aromatic heterocycles. The van der Waals surface area contributed by atoms with E-state index in [1.807, 2.05) is 26.0 Å². The molecule has 1 amide bonds. The average Bonchev–Trinajstić information content (AvgIpc) is 2.65. The first kappa shape index (κ1) is 18.3. The van der Waals surface area contributed by atoms with Gasteiger partial charge in [0.1, 0.15) is 23.9 Å². The highest BCUT2D eigenvalue weighted by Gasteiger charge is 2.15. The maximum absolute atomic E-state index is 12.7. The van der Waals surface area contributed by atoms with Crippen molar-refractivity contribution in [2.45, 2.75) is 13.8 Å². The zero-order valence-corrected chi connectivity index (χ0v) is 14.3. The summed E-state index contributed by atoms with van der Waals surface area (Å²) in [5.41, 5.74) is 2.76. The van der Waals surface area contributed by atoms with E-state index in [0.717, 1.165) is 11.1 Å². The molecule has 0 unspecified atom stereocenters. The van der Waals surface area contributed by atoms with Gasteiger partial charge in [0.2, 0.25) is 0 Å². The van der Waals surface area contributed by atoms with Gasteiger partial charge in [0, 0.05) is 5.69 Å². The SMILES string of the molecule is Cc1cccc(NC(=O)c2ccccc2NC(C#N)=C(C#N)C#N)c1C. The number of carbonyl (C=O) groups is 1. The second-order valence-electron chi connectivity index (χ2n) is 5.46. The lowest BCUT2D eigenvalue weighted by Gasteiger charge is -2.13. The predicted molar refractivity (Wildman–Crippen MR) is 97.8 cm³/mol. The molecular weight excluding hydrogens is 326 g/mol. The van der Waals surface area contributed by atoms with Crippen molar-refractivity contribution < 1.29 is 4.79 Å². The van der Waals surface area contributed by atoms with E-state index in [0.29, 0.717) is 11.4 Å². The lowest BCUT2D eigenvalue weighted by Crippen LogP contribution is -2.15. The average molecular weight is 341 g/mol. The Hall–Kier alpha value is -4.08. The van der Waals surface area contributed by atoms with Gasteiger partial charge >= 0.3 is 0 Å². The Morgan fingerprint density at radius 1 is 0.846 bits per heavy atom. The number of nitriles is 3. The minimum absolute atomic E-state index is 0.206. The number of hydrogen-bond donors (Lipinski definition) is 2. The zero-order chi connectivity index (χ0) is 19.1. The molecule has 2 aromatic carbocycles. The molecule has 0 heterocycles. The molecule has 6 nitrogen and oxygen atoms in total. The van der Waals surface area contributed by atoms with Gasteiger partial charge in [0.15, 0.2) is 5.57 Å². The number of allylic oxidation sites excluding steroid dienone is 2. The van der Waals surface area contributed by atoms with Crippen molar-refractivity contribution in [1.29, 1.82) is 15.8 Å². The number of aryl methyl sites for hydroxylation is 1. The van der Waals surface area contributed by atoms with Crippen molar-refractivity contribution in [3.05, 3.63) is 70.4 Å². The maximum Gasteiger partial charge on any atom is 0.257 e. The fourth-order valence-electron chi connectivity index (χ4n) is 2.28. The molecule has 0 aliphatic heterocycles. The molecule has 0 aliphatic rings. The summed E-state index contributed by atoms with van der Waals surface area (Å²) >= 11 is 0. The normalized spacial score (nSPS) is 9.19. The molecule has 0 saturated heterocycles. The summed E-state index contributed by atoms with van der Waals surface area (Å²) in [5, 5.41) is 32.6. The highest BCUT2D eigenvalue weighted by Crippen LogP contribution is 2.22. The second-order valence-corrected chi connectivity index (χ2v) is 5.46. The van der Waals surface area contributed by atoms with Gasteiger partial charge in [0.05, 0.1) is 11.3 Å². The van der Waals surface area contributed by atoms with Crippen LogP contribution in [0.3, 0.4) is 0 Å². The first-order chi connectivity index (χ1) is 12.5. The third-order valence-electron chi connectivity index (χ3n) is 3.87. The molecule has 0 aliphatic carbocycles. The van der Waals surface area contributed by atoms with E-state index in [1.165, 1.54) is 0 Å². The highest BCUT2D eigenvalue weighted by molar-refractivity contribution is 6.08. The summed E-state index contributed by atoms with van der Waals surface area (Å²) in [7, 11) is 0. The number of anilines is 2. The van der Waals surface area contributed by atoms with Crippen LogP contribution in [-0.4, -0.2) is 5.91 Å².